The van der Waals surface area contributed by atoms with Crippen molar-refractivity contribution in [3.63, 3.8) is 0 Å². The van der Waals surface area contributed by atoms with Crippen molar-refractivity contribution >= 4 is 9.84 Å². The van der Waals surface area contributed by atoms with E-state index in [0.29, 0.717) is 13.0 Å². The molecule has 0 aliphatic carbocycles. The Labute approximate surface area is 193 Å². The summed E-state index contributed by atoms with van der Waals surface area (Å²) in [6.45, 7) is 6.30. The highest BCUT2D eigenvalue weighted by Gasteiger charge is 2.56. The number of aromatic nitrogens is 1. The largest absolute Gasteiger partial charge is 0.414 e. The number of aliphatic hydroxyl groups is 1. The second kappa shape index (κ2) is 9.00. The van der Waals surface area contributed by atoms with E-state index in [4.69, 9.17) is 0 Å². The third-order valence-corrected chi connectivity index (χ3v) is 8.08. The standard InChI is InChI=1S/C24H31F3N2O3S/c1-17-5-8-19(15-28-17)22(2,3)29-14-13-23(16-29,21(30)24(25,26)27)12-11-18-6-9-20(10-7-18)33(4,31)32/h5-10,15,21,30H,11-14,16H2,1-4H3/t21-,23-/m1/s1. The zero-order chi connectivity index (χ0) is 24.7. The summed E-state index contributed by atoms with van der Waals surface area (Å²) in [4.78, 5) is 6.48. The number of sulfone groups is 1. The Hall–Kier alpha value is -1.97. The Morgan fingerprint density at radius 3 is 2.30 bits per heavy atom. The van der Waals surface area contributed by atoms with E-state index in [0.717, 1.165) is 23.1 Å². The normalized spacial score (nSPS) is 21.3. The maximum Gasteiger partial charge on any atom is 0.414 e. The van der Waals surface area contributed by atoms with Crippen molar-refractivity contribution in [1.29, 1.82) is 0 Å². The molecular weight excluding hydrogens is 453 g/mol. The highest BCUT2D eigenvalue weighted by molar-refractivity contribution is 7.90. The maximum atomic E-state index is 13.7. The second-order valence-corrected chi connectivity index (χ2v) is 11.7. The number of hydrogen-bond donors (Lipinski definition) is 1. The van der Waals surface area contributed by atoms with Crippen molar-refractivity contribution in [3.05, 3.63) is 59.4 Å². The smallest absolute Gasteiger partial charge is 0.383 e. The lowest BCUT2D eigenvalue weighted by atomic mass is 9.75. The molecule has 0 saturated carbocycles. The van der Waals surface area contributed by atoms with Crippen LogP contribution >= 0.6 is 0 Å². The van der Waals surface area contributed by atoms with Crippen LogP contribution in [-0.2, 0) is 21.8 Å². The van der Waals surface area contributed by atoms with Gasteiger partial charge in [-0.3, -0.25) is 9.88 Å². The van der Waals surface area contributed by atoms with Gasteiger partial charge in [0.15, 0.2) is 15.9 Å². The van der Waals surface area contributed by atoms with E-state index in [9.17, 15) is 26.7 Å². The van der Waals surface area contributed by atoms with Crippen LogP contribution in [0.2, 0.25) is 0 Å². The van der Waals surface area contributed by atoms with Crippen molar-refractivity contribution in [2.75, 3.05) is 19.3 Å². The third kappa shape index (κ3) is 5.58. The number of halogens is 3. The lowest BCUT2D eigenvalue weighted by Gasteiger charge is -2.40. The van der Waals surface area contributed by atoms with E-state index in [1.54, 1.807) is 18.3 Å². The van der Waals surface area contributed by atoms with E-state index in [-0.39, 0.29) is 24.3 Å². The van der Waals surface area contributed by atoms with Gasteiger partial charge in [0.1, 0.15) is 0 Å². The Kier molecular flexibility index (Phi) is 6.99. The third-order valence-electron chi connectivity index (χ3n) is 6.95. The quantitative estimate of drug-likeness (QED) is 0.635. The molecule has 1 aromatic carbocycles. The average Bonchev–Trinajstić information content (AvgIpc) is 3.17. The zero-order valence-corrected chi connectivity index (χ0v) is 20.2. The molecule has 1 aliphatic rings. The highest BCUT2D eigenvalue weighted by Crippen LogP contribution is 2.47. The van der Waals surface area contributed by atoms with Crippen LogP contribution in [0, 0.1) is 12.3 Å². The van der Waals surface area contributed by atoms with Gasteiger partial charge in [-0.1, -0.05) is 18.2 Å². The van der Waals surface area contributed by atoms with Gasteiger partial charge < -0.3 is 5.11 Å². The van der Waals surface area contributed by atoms with Crippen LogP contribution < -0.4 is 0 Å². The van der Waals surface area contributed by atoms with Gasteiger partial charge in [-0.15, -0.1) is 0 Å². The molecule has 1 aliphatic heterocycles. The molecule has 0 bridgehead atoms. The molecule has 0 spiro atoms. The van der Waals surface area contributed by atoms with Gasteiger partial charge in [0.2, 0.25) is 0 Å². The first-order valence-electron chi connectivity index (χ1n) is 10.9. The number of aryl methyl sites for hydroxylation is 2. The molecule has 182 valence electrons. The first kappa shape index (κ1) is 25.6. The van der Waals surface area contributed by atoms with Crippen LogP contribution in [0.4, 0.5) is 13.2 Å². The minimum Gasteiger partial charge on any atom is -0.383 e. The molecule has 2 atom stereocenters. The van der Waals surface area contributed by atoms with Gasteiger partial charge in [-0.05, 0) is 75.9 Å². The molecule has 1 fully saturated rings. The number of pyridine rings is 1. The lowest BCUT2D eigenvalue weighted by Crippen LogP contribution is -2.49. The Bertz CT molecular complexity index is 1070. The average molecular weight is 485 g/mol. The first-order chi connectivity index (χ1) is 15.1. The van der Waals surface area contributed by atoms with Crippen molar-refractivity contribution in [2.45, 2.75) is 62.7 Å². The van der Waals surface area contributed by atoms with Gasteiger partial charge in [0.05, 0.1) is 4.90 Å². The van der Waals surface area contributed by atoms with Crippen LogP contribution in [0.1, 0.15) is 43.5 Å². The number of likely N-dealkylation sites (tertiary alicyclic amines) is 1. The molecule has 1 saturated heterocycles. The minimum atomic E-state index is -4.73. The summed E-state index contributed by atoms with van der Waals surface area (Å²) in [5.74, 6) is 0. The highest BCUT2D eigenvalue weighted by atomic mass is 32.2. The number of benzene rings is 1. The predicted molar refractivity (Wildman–Crippen MR) is 121 cm³/mol. The van der Waals surface area contributed by atoms with Crippen LogP contribution in [0.5, 0.6) is 0 Å². The van der Waals surface area contributed by atoms with Crippen LogP contribution in [0.3, 0.4) is 0 Å². The molecule has 2 heterocycles. The van der Waals surface area contributed by atoms with Gasteiger partial charge >= 0.3 is 6.18 Å². The monoisotopic (exact) mass is 484 g/mol. The molecule has 0 unspecified atom stereocenters. The van der Waals surface area contributed by atoms with E-state index in [1.807, 2.05) is 37.8 Å². The van der Waals surface area contributed by atoms with Crippen molar-refractivity contribution in [2.24, 2.45) is 5.41 Å². The Morgan fingerprint density at radius 1 is 1.15 bits per heavy atom. The van der Waals surface area contributed by atoms with E-state index < -0.39 is 33.1 Å². The molecular formula is C24H31F3N2O3S. The fourth-order valence-electron chi connectivity index (χ4n) is 4.59. The number of aliphatic hydroxyl groups excluding tert-OH is 1. The van der Waals surface area contributed by atoms with Crippen molar-refractivity contribution < 1.29 is 26.7 Å². The molecule has 3 rings (SSSR count). The predicted octanol–water partition coefficient (Wildman–Crippen LogP) is 4.28. The molecule has 5 nitrogen and oxygen atoms in total. The number of hydrogen-bond acceptors (Lipinski definition) is 5. The Balaban J connectivity index is 1.84. The summed E-state index contributed by atoms with van der Waals surface area (Å²) in [6, 6.07) is 9.99. The lowest BCUT2D eigenvalue weighted by molar-refractivity contribution is -0.239. The van der Waals surface area contributed by atoms with Gasteiger partial charge in [0, 0.05) is 35.6 Å². The van der Waals surface area contributed by atoms with E-state index >= 15 is 0 Å². The first-order valence-corrected chi connectivity index (χ1v) is 12.8. The minimum absolute atomic E-state index is 0.0932. The van der Waals surface area contributed by atoms with Gasteiger partial charge in [-0.25, -0.2) is 8.42 Å². The number of alkyl halides is 3. The summed E-state index contributed by atoms with van der Waals surface area (Å²) in [6.07, 6.45) is -3.68. The zero-order valence-electron chi connectivity index (χ0n) is 19.4. The van der Waals surface area contributed by atoms with Crippen LogP contribution in [0.25, 0.3) is 0 Å². The van der Waals surface area contributed by atoms with Crippen molar-refractivity contribution in [1.82, 2.24) is 9.88 Å². The molecule has 2 aromatic rings. The fraction of sp³-hybridized carbons (Fsp3) is 0.542. The summed E-state index contributed by atoms with van der Waals surface area (Å²) in [5.41, 5.74) is 0.590. The summed E-state index contributed by atoms with van der Waals surface area (Å²) in [7, 11) is -3.35. The van der Waals surface area contributed by atoms with Crippen LogP contribution in [0.15, 0.2) is 47.5 Å². The number of nitrogens with zero attached hydrogens (tertiary/aromatic N) is 2. The maximum absolute atomic E-state index is 13.7. The molecule has 0 radical (unpaired) electrons. The van der Waals surface area contributed by atoms with Gasteiger partial charge in [-0.2, -0.15) is 13.2 Å². The summed E-state index contributed by atoms with van der Waals surface area (Å²) < 4.78 is 64.4. The summed E-state index contributed by atoms with van der Waals surface area (Å²) >= 11 is 0. The molecule has 1 N–H and O–H groups in total. The molecule has 0 amide bonds. The molecule has 9 heteroatoms. The van der Waals surface area contributed by atoms with Crippen molar-refractivity contribution in [3.8, 4) is 0 Å². The fourth-order valence-corrected chi connectivity index (χ4v) is 5.22. The van der Waals surface area contributed by atoms with E-state index in [1.165, 1.54) is 12.1 Å². The van der Waals surface area contributed by atoms with Crippen LogP contribution in [-0.4, -0.2) is 55.0 Å². The topological polar surface area (TPSA) is 70.5 Å². The Morgan fingerprint density at radius 2 is 1.79 bits per heavy atom. The summed E-state index contributed by atoms with van der Waals surface area (Å²) in [5, 5.41) is 10.4. The van der Waals surface area contributed by atoms with Gasteiger partial charge in [0.25, 0.3) is 0 Å². The second-order valence-electron chi connectivity index (χ2n) is 9.64. The molecule has 1 aromatic heterocycles. The molecule has 33 heavy (non-hydrogen) atoms. The SMILES string of the molecule is Cc1ccc(C(C)(C)N2CC[C@@](CCc3ccc(S(C)(=O)=O)cc3)([C@@H](O)C(F)(F)F)C2)cn1. The van der Waals surface area contributed by atoms with E-state index in [2.05, 4.69) is 4.98 Å². The number of rotatable bonds is 7.